The Morgan fingerprint density at radius 1 is 0.769 bits per heavy atom. The maximum absolute atomic E-state index is 9.54. The van der Waals surface area contributed by atoms with Gasteiger partial charge in [0.1, 0.15) is 0 Å². The summed E-state index contributed by atoms with van der Waals surface area (Å²) in [4.78, 5) is 0. The van der Waals surface area contributed by atoms with Gasteiger partial charge in [0.05, 0.1) is 0 Å². The van der Waals surface area contributed by atoms with Gasteiger partial charge in [0.25, 0.3) is 0 Å². The van der Waals surface area contributed by atoms with Crippen LogP contribution in [-0.2, 0) is 4.57 Å². The van der Waals surface area contributed by atoms with Crippen molar-refractivity contribution >= 4 is 14.2 Å². The van der Waals surface area contributed by atoms with Crippen molar-refractivity contribution in [2.24, 2.45) is 0 Å². The Labute approximate surface area is 81.8 Å². The highest BCUT2D eigenvalue weighted by atomic mass is 16.5. The zero-order chi connectivity index (χ0) is 10.9. The first-order valence-corrected chi connectivity index (χ1v) is 4.57. The van der Waals surface area contributed by atoms with E-state index in [2.05, 4.69) is 0 Å². The number of rotatable bonds is 2. The van der Waals surface area contributed by atoms with E-state index in [4.69, 9.17) is 4.57 Å². The van der Waals surface area contributed by atoms with Gasteiger partial charge in [-0.1, -0.05) is 41.5 Å². The Hall–Kier alpha value is 0.00987. The molecule has 0 radical (unpaired) electrons. The molecule has 13 heavy (non-hydrogen) atoms. The molecule has 0 heterocycles. The smallest absolute Gasteiger partial charge is 0.446 e. The Morgan fingerprint density at radius 2 is 1.00 bits per heavy atom. The topological polar surface area (TPSA) is 49.7 Å². The van der Waals surface area contributed by atoms with Crippen LogP contribution in [0.2, 0.25) is 10.6 Å². The van der Waals surface area contributed by atoms with Crippen LogP contribution in [0, 0.1) is 0 Å². The van der Waals surface area contributed by atoms with Gasteiger partial charge >= 0.3 is 14.2 Å². The van der Waals surface area contributed by atoms with E-state index in [0.717, 1.165) is 0 Å². The average Bonchev–Trinajstić information content (AvgIpc) is 1.82. The molecule has 0 unspecified atom stereocenters. The maximum atomic E-state index is 9.54. The molecule has 0 aliphatic rings. The second-order valence-corrected chi connectivity index (χ2v) is 5.57. The molecule has 0 aromatic rings. The number of hydrogen-bond acceptors (Lipinski definition) is 3. The van der Waals surface area contributed by atoms with Crippen molar-refractivity contribution in [3.63, 3.8) is 0 Å². The summed E-state index contributed by atoms with van der Waals surface area (Å²) >= 11 is 0. The molecule has 0 aliphatic carbocycles. The van der Waals surface area contributed by atoms with Crippen molar-refractivity contribution in [3.05, 3.63) is 0 Å². The molecule has 0 atom stereocenters. The molecule has 0 aromatic carbocycles. The van der Waals surface area contributed by atoms with Gasteiger partial charge in [0, 0.05) is 0 Å². The Bertz CT molecular complexity index is 142. The van der Waals surface area contributed by atoms with Crippen molar-refractivity contribution in [1.29, 1.82) is 0 Å². The van der Waals surface area contributed by atoms with Crippen LogP contribution in [0.4, 0.5) is 0 Å². The van der Waals surface area contributed by atoms with Crippen LogP contribution in [-0.4, -0.2) is 24.3 Å². The lowest BCUT2D eigenvalue weighted by atomic mass is 9.55. The van der Waals surface area contributed by atoms with E-state index in [1.165, 1.54) is 0 Å². The quantitative estimate of drug-likeness (QED) is 0.643. The molecule has 0 bridgehead atoms. The lowest BCUT2D eigenvalue weighted by Crippen LogP contribution is -2.40. The summed E-state index contributed by atoms with van der Waals surface area (Å²) < 4.78 is 5.09. The minimum atomic E-state index is -0.943. The third-order valence-electron chi connectivity index (χ3n) is 1.74. The Balaban J connectivity index is 4.15. The zero-order valence-electron chi connectivity index (χ0n) is 9.46. The summed E-state index contributed by atoms with van der Waals surface area (Å²) in [5.41, 5.74) is 0. The standard InChI is InChI=1S/C8H20B2O3/c1-7(2,3)9(11)13-10(12)8(4,5)6/h11-12H,1-6H3. The molecule has 0 rings (SSSR count). The van der Waals surface area contributed by atoms with Gasteiger partial charge in [-0.25, -0.2) is 0 Å². The SMILES string of the molecule is CC(C)(C)B(O)OB(O)C(C)(C)C. The summed E-state index contributed by atoms with van der Waals surface area (Å²) in [5, 5.41) is 18.3. The van der Waals surface area contributed by atoms with Crippen molar-refractivity contribution in [2.75, 3.05) is 0 Å². The summed E-state index contributed by atoms with van der Waals surface area (Å²) in [6.45, 7) is 11.1. The van der Waals surface area contributed by atoms with E-state index < -0.39 is 14.2 Å². The van der Waals surface area contributed by atoms with Crippen LogP contribution < -0.4 is 0 Å². The van der Waals surface area contributed by atoms with E-state index in [0.29, 0.717) is 0 Å². The lowest BCUT2D eigenvalue weighted by Gasteiger charge is -2.28. The molecule has 0 aromatic heterocycles. The minimum Gasteiger partial charge on any atom is -0.451 e. The molecule has 2 N–H and O–H groups in total. The normalized spacial score (nSPS) is 12.9. The van der Waals surface area contributed by atoms with Gasteiger partial charge in [0.15, 0.2) is 0 Å². The second-order valence-electron chi connectivity index (χ2n) is 5.57. The monoisotopic (exact) mass is 186 g/mol. The van der Waals surface area contributed by atoms with Gasteiger partial charge in [-0.05, 0) is 10.6 Å². The first kappa shape index (κ1) is 13.0. The lowest BCUT2D eigenvalue weighted by molar-refractivity contribution is 0.304. The summed E-state index contributed by atoms with van der Waals surface area (Å²) in [6.07, 6.45) is 0. The first-order chi connectivity index (χ1) is 5.55. The van der Waals surface area contributed by atoms with Crippen LogP contribution in [0.15, 0.2) is 0 Å². The largest absolute Gasteiger partial charge is 0.451 e. The zero-order valence-corrected chi connectivity index (χ0v) is 9.46. The summed E-state index contributed by atoms with van der Waals surface area (Å²) in [6, 6.07) is 0. The fourth-order valence-corrected chi connectivity index (χ4v) is 0.530. The molecular weight excluding hydrogens is 166 g/mol. The van der Waals surface area contributed by atoms with E-state index in [9.17, 15) is 10.0 Å². The van der Waals surface area contributed by atoms with Gasteiger partial charge in [-0.3, -0.25) is 0 Å². The third-order valence-corrected chi connectivity index (χ3v) is 1.74. The molecule has 5 heteroatoms. The minimum absolute atomic E-state index is 0.369. The van der Waals surface area contributed by atoms with Gasteiger partial charge in [0.2, 0.25) is 0 Å². The molecule has 76 valence electrons. The molecule has 3 nitrogen and oxygen atoms in total. The highest BCUT2D eigenvalue weighted by molar-refractivity contribution is 6.61. The van der Waals surface area contributed by atoms with Gasteiger partial charge in [-0.2, -0.15) is 0 Å². The predicted octanol–water partition coefficient (Wildman–Crippen LogP) is 1.56. The second kappa shape index (κ2) is 4.03. The van der Waals surface area contributed by atoms with Crippen molar-refractivity contribution in [2.45, 2.75) is 52.2 Å². The van der Waals surface area contributed by atoms with Crippen molar-refractivity contribution < 1.29 is 14.6 Å². The predicted molar refractivity (Wildman–Crippen MR) is 56.5 cm³/mol. The molecular formula is C8H20B2O3. The highest BCUT2D eigenvalue weighted by Crippen LogP contribution is 2.31. The first-order valence-electron chi connectivity index (χ1n) is 4.57. The fraction of sp³-hybridized carbons (Fsp3) is 1.00. The van der Waals surface area contributed by atoms with E-state index in [-0.39, 0.29) is 10.6 Å². The Kier molecular flexibility index (Phi) is 4.03. The van der Waals surface area contributed by atoms with Crippen LogP contribution in [0.25, 0.3) is 0 Å². The summed E-state index contributed by atoms with van der Waals surface area (Å²) in [5.74, 6) is 0. The van der Waals surface area contributed by atoms with Crippen LogP contribution >= 0.6 is 0 Å². The number of hydrogen-bond donors (Lipinski definition) is 2. The van der Waals surface area contributed by atoms with Crippen molar-refractivity contribution in [1.82, 2.24) is 0 Å². The molecule has 0 amide bonds. The molecule has 0 fully saturated rings. The van der Waals surface area contributed by atoms with Gasteiger partial charge < -0.3 is 14.6 Å². The molecule has 0 saturated carbocycles. The van der Waals surface area contributed by atoms with Crippen LogP contribution in [0.1, 0.15) is 41.5 Å². The van der Waals surface area contributed by atoms with E-state index in [1.54, 1.807) is 0 Å². The van der Waals surface area contributed by atoms with Crippen LogP contribution in [0.3, 0.4) is 0 Å². The average molecular weight is 186 g/mol. The summed E-state index contributed by atoms with van der Waals surface area (Å²) in [7, 11) is -1.89. The molecule has 0 aliphatic heterocycles. The van der Waals surface area contributed by atoms with E-state index in [1.807, 2.05) is 41.5 Å². The highest BCUT2D eigenvalue weighted by Gasteiger charge is 2.38. The fourth-order valence-electron chi connectivity index (χ4n) is 0.530. The molecule has 0 spiro atoms. The maximum Gasteiger partial charge on any atom is 0.446 e. The Morgan fingerprint density at radius 3 is 1.15 bits per heavy atom. The van der Waals surface area contributed by atoms with E-state index >= 15 is 0 Å². The molecule has 0 saturated heterocycles. The van der Waals surface area contributed by atoms with Crippen molar-refractivity contribution in [3.8, 4) is 0 Å². The third kappa shape index (κ3) is 4.69. The van der Waals surface area contributed by atoms with Gasteiger partial charge in [-0.15, -0.1) is 0 Å². The van der Waals surface area contributed by atoms with Crippen LogP contribution in [0.5, 0.6) is 0 Å².